The van der Waals surface area contributed by atoms with Crippen LogP contribution in [0.15, 0.2) is 12.8 Å². The Hall–Kier alpha value is -1.72. The largest absolute Gasteiger partial charge is 0.444 e. The molecule has 0 aromatic heterocycles. The molecule has 0 aliphatic heterocycles. The number of alkyl carbamates (subject to hydrolysis) is 1. The summed E-state index contributed by atoms with van der Waals surface area (Å²) in [4.78, 5) is 24.3. The van der Waals surface area contributed by atoms with Gasteiger partial charge in [0.15, 0.2) is 0 Å². The topological polar surface area (TPSA) is 67.9 Å². The molecule has 0 radical (unpaired) electrons. The maximum atomic E-state index is 11.7. The number of amides is 2. The second kappa shape index (κ2) is 6.45. The maximum absolute atomic E-state index is 11.7. The van der Waals surface area contributed by atoms with Crippen LogP contribution < -0.4 is 5.32 Å². The Labute approximate surface area is 114 Å². The quantitative estimate of drug-likeness (QED) is 0.802. The van der Waals surface area contributed by atoms with E-state index >= 15 is 0 Å². The number of carbonyl (C=O) groups is 2. The molecule has 1 N–H and O–H groups in total. The Bertz CT molecular complexity index is 340. The normalized spacial score (nSPS) is 11.5. The summed E-state index contributed by atoms with van der Waals surface area (Å²) in [6.07, 6.45) is 0.0901. The van der Waals surface area contributed by atoms with Gasteiger partial charge >= 0.3 is 12.2 Å². The van der Waals surface area contributed by atoms with Crippen LogP contribution in [0.3, 0.4) is 0 Å². The average molecular weight is 272 g/mol. The summed E-state index contributed by atoms with van der Waals surface area (Å²) in [5.74, 6) is 0. The van der Waals surface area contributed by atoms with Crippen LogP contribution in [0.1, 0.15) is 41.5 Å². The molecule has 0 spiro atoms. The minimum atomic E-state index is -0.608. The molecule has 2 amide bonds. The van der Waals surface area contributed by atoms with Crippen molar-refractivity contribution in [1.29, 1.82) is 0 Å². The molecule has 0 heterocycles. The van der Waals surface area contributed by atoms with Gasteiger partial charge in [0.2, 0.25) is 0 Å². The van der Waals surface area contributed by atoms with Gasteiger partial charge in [-0.1, -0.05) is 6.58 Å². The summed E-state index contributed by atoms with van der Waals surface area (Å²) in [6, 6.07) is 0. The van der Waals surface area contributed by atoms with Gasteiger partial charge in [0, 0.05) is 6.20 Å². The van der Waals surface area contributed by atoms with Crippen LogP contribution in [-0.2, 0) is 9.47 Å². The highest BCUT2D eigenvalue weighted by atomic mass is 16.6. The third kappa shape index (κ3) is 8.93. The molecule has 0 fully saturated rings. The summed E-state index contributed by atoms with van der Waals surface area (Å²) >= 11 is 0. The van der Waals surface area contributed by atoms with E-state index in [4.69, 9.17) is 9.47 Å². The Morgan fingerprint density at radius 1 is 1.11 bits per heavy atom. The predicted octanol–water partition coefficient (Wildman–Crippen LogP) is 2.85. The molecule has 0 bridgehead atoms. The lowest BCUT2D eigenvalue weighted by Gasteiger charge is -2.25. The molecular formula is C13H24N2O4. The highest BCUT2D eigenvalue weighted by Crippen LogP contribution is 2.10. The standard InChI is InChI=1S/C13H24N2O4/c1-8-15(11(17)19-13(5,6)7)9-14-10(16)18-12(2,3)4/h8H,1,9H2,2-7H3,(H,14,16). The molecule has 0 unspecified atom stereocenters. The van der Waals surface area contributed by atoms with Gasteiger partial charge in [-0.25, -0.2) is 9.59 Å². The third-order valence-corrected chi connectivity index (χ3v) is 1.64. The van der Waals surface area contributed by atoms with E-state index in [2.05, 4.69) is 11.9 Å². The summed E-state index contributed by atoms with van der Waals surface area (Å²) in [5, 5.41) is 2.45. The smallest absolute Gasteiger partial charge is 0.415 e. The highest BCUT2D eigenvalue weighted by molar-refractivity contribution is 5.71. The van der Waals surface area contributed by atoms with E-state index in [1.165, 1.54) is 6.20 Å². The van der Waals surface area contributed by atoms with Crippen molar-refractivity contribution < 1.29 is 19.1 Å². The number of carbonyl (C=O) groups excluding carboxylic acids is 2. The van der Waals surface area contributed by atoms with Crippen molar-refractivity contribution in [2.24, 2.45) is 0 Å². The molecule has 0 aliphatic carbocycles. The summed E-state index contributed by atoms with van der Waals surface area (Å²) in [6.45, 7) is 14.0. The van der Waals surface area contributed by atoms with E-state index in [1.54, 1.807) is 41.5 Å². The molecule has 110 valence electrons. The molecule has 19 heavy (non-hydrogen) atoms. The molecule has 0 aromatic carbocycles. The summed E-state index contributed by atoms with van der Waals surface area (Å²) in [5.41, 5.74) is -1.20. The van der Waals surface area contributed by atoms with Crippen LogP contribution in [-0.4, -0.2) is 35.0 Å². The first-order chi connectivity index (χ1) is 8.44. The number of nitrogens with one attached hydrogen (secondary N) is 1. The fraction of sp³-hybridized carbons (Fsp3) is 0.692. The highest BCUT2D eigenvalue weighted by Gasteiger charge is 2.22. The molecule has 6 nitrogen and oxygen atoms in total. The molecule has 0 saturated carbocycles. The van der Waals surface area contributed by atoms with Gasteiger partial charge in [-0.2, -0.15) is 0 Å². The SMILES string of the molecule is C=CN(CNC(=O)OC(C)(C)C)C(=O)OC(C)(C)C. The minimum absolute atomic E-state index is 0.0622. The molecule has 0 saturated heterocycles. The van der Waals surface area contributed by atoms with Crippen LogP contribution in [0.25, 0.3) is 0 Å². The van der Waals surface area contributed by atoms with Crippen LogP contribution >= 0.6 is 0 Å². The van der Waals surface area contributed by atoms with E-state index in [0.717, 1.165) is 4.90 Å². The van der Waals surface area contributed by atoms with Gasteiger partial charge in [-0.15, -0.1) is 0 Å². The van der Waals surface area contributed by atoms with Gasteiger partial charge in [0.25, 0.3) is 0 Å². The first-order valence-corrected chi connectivity index (χ1v) is 6.03. The van der Waals surface area contributed by atoms with Crippen molar-refractivity contribution in [3.8, 4) is 0 Å². The Morgan fingerprint density at radius 3 is 1.95 bits per heavy atom. The van der Waals surface area contributed by atoms with Gasteiger partial charge < -0.3 is 14.8 Å². The summed E-state index contributed by atoms with van der Waals surface area (Å²) < 4.78 is 10.2. The lowest BCUT2D eigenvalue weighted by Crippen LogP contribution is -2.42. The van der Waals surface area contributed by atoms with Gasteiger partial charge in [0.05, 0.1) is 0 Å². The third-order valence-electron chi connectivity index (χ3n) is 1.64. The van der Waals surface area contributed by atoms with Gasteiger partial charge in [0.1, 0.15) is 17.9 Å². The zero-order valence-electron chi connectivity index (χ0n) is 12.6. The molecule has 0 atom stereocenters. The van der Waals surface area contributed by atoms with Crippen molar-refractivity contribution >= 4 is 12.2 Å². The zero-order chi connectivity index (χ0) is 15.3. The molecule has 0 rings (SSSR count). The second-order valence-corrected chi connectivity index (χ2v) is 5.97. The maximum Gasteiger partial charge on any atom is 0.415 e. The average Bonchev–Trinajstić information content (AvgIpc) is 2.12. The van der Waals surface area contributed by atoms with E-state index in [0.29, 0.717) is 0 Å². The number of hydrogen-bond donors (Lipinski definition) is 1. The van der Waals surface area contributed by atoms with Gasteiger partial charge in [-0.05, 0) is 41.5 Å². The van der Waals surface area contributed by atoms with Crippen molar-refractivity contribution in [2.75, 3.05) is 6.67 Å². The van der Waals surface area contributed by atoms with Crippen molar-refractivity contribution in [1.82, 2.24) is 10.2 Å². The van der Waals surface area contributed by atoms with Crippen LogP contribution in [0.2, 0.25) is 0 Å². The summed E-state index contributed by atoms with van der Waals surface area (Å²) in [7, 11) is 0. The molecular weight excluding hydrogens is 248 g/mol. The second-order valence-electron chi connectivity index (χ2n) is 5.97. The number of nitrogens with zero attached hydrogens (tertiary/aromatic N) is 1. The van der Waals surface area contributed by atoms with Crippen LogP contribution in [0, 0.1) is 0 Å². The van der Waals surface area contributed by atoms with E-state index < -0.39 is 23.4 Å². The van der Waals surface area contributed by atoms with Gasteiger partial charge in [-0.3, -0.25) is 4.90 Å². The lowest BCUT2D eigenvalue weighted by molar-refractivity contribution is 0.0295. The van der Waals surface area contributed by atoms with Crippen molar-refractivity contribution in [3.05, 3.63) is 12.8 Å². The first-order valence-electron chi connectivity index (χ1n) is 6.03. The van der Waals surface area contributed by atoms with E-state index in [1.807, 2.05) is 0 Å². The molecule has 6 heteroatoms. The number of ether oxygens (including phenoxy) is 2. The zero-order valence-corrected chi connectivity index (χ0v) is 12.6. The Morgan fingerprint density at radius 2 is 1.58 bits per heavy atom. The minimum Gasteiger partial charge on any atom is -0.444 e. The van der Waals surface area contributed by atoms with Crippen LogP contribution in [0.5, 0.6) is 0 Å². The first kappa shape index (κ1) is 17.3. The van der Waals surface area contributed by atoms with Crippen LogP contribution in [0.4, 0.5) is 9.59 Å². The van der Waals surface area contributed by atoms with Crippen molar-refractivity contribution in [2.45, 2.75) is 52.7 Å². The Kier molecular flexibility index (Phi) is 5.86. The van der Waals surface area contributed by atoms with E-state index in [9.17, 15) is 9.59 Å². The molecule has 0 aliphatic rings. The fourth-order valence-corrected chi connectivity index (χ4v) is 0.988. The number of hydrogen-bond acceptors (Lipinski definition) is 4. The Balaban J connectivity index is 4.32. The van der Waals surface area contributed by atoms with Crippen molar-refractivity contribution in [3.63, 3.8) is 0 Å². The van der Waals surface area contributed by atoms with E-state index in [-0.39, 0.29) is 6.67 Å². The monoisotopic (exact) mass is 272 g/mol. The lowest BCUT2D eigenvalue weighted by atomic mass is 10.2. The number of rotatable bonds is 3. The molecule has 0 aromatic rings. The predicted molar refractivity (Wildman–Crippen MR) is 72.5 cm³/mol. The fourth-order valence-electron chi connectivity index (χ4n) is 0.988.